The summed E-state index contributed by atoms with van der Waals surface area (Å²) in [5, 5.41) is 10.8. The van der Waals surface area contributed by atoms with Gasteiger partial charge in [0.2, 0.25) is 0 Å². The lowest BCUT2D eigenvalue weighted by atomic mass is 9.79. The summed E-state index contributed by atoms with van der Waals surface area (Å²) in [5.41, 5.74) is 2.06. The van der Waals surface area contributed by atoms with Crippen LogP contribution >= 0.6 is 11.8 Å². The summed E-state index contributed by atoms with van der Waals surface area (Å²) in [7, 11) is 0. The van der Waals surface area contributed by atoms with E-state index in [0.29, 0.717) is 5.75 Å². The summed E-state index contributed by atoms with van der Waals surface area (Å²) >= 11 is 1.96. The zero-order valence-electron chi connectivity index (χ0n) is 19.8. The fourth-order valence-electron chi connectivity index (χ4n) is 3.61. The SMILES string of the molecule is CCCCCCCCCCCCSc1cc(C(C)(C)C)c(O)c(C(C)(C)C)c1. The number of phenolic OH excluding ortho intramolecular Hbond substituents is 1. The standard InChI is InChI=1S/C26H46OS/c1-8-9-10-11-12-13-14-15-16-17-18-28-21-19-22(25(2,3)4)24(27)23(20-21)26(5,6)7/h19-20,27H,8-18H2,1-7H3. The Morgan fingerprint density at radius 1 is 0.679 bits per heavy atom. The van der Waals surface area contributed by atoms with Crippen molar-refractivity contribution in [3.63, 3.8) is 0 Å². The maximum Gasteiger partial charge on any atom is 0.123 e. The summed E-state index contributed by atoms with van der Waals surface area (Å²) < 4.78 is 0. The Morgan fingerprint density at radius 3 is 1.46 bits per heavy atom. The molecule has 2 heteroatoms. The number of aromatic hydroxyl groups is 1. The molecule has 0 atom stereocenters. The van der Waals surface area contributed by atoms with Gasteiger partial charge in [-0.2, -0.15) is 0 Å². The molecule has 0 spiro atoms. The number of rotatable bonds is 12. The van der Waals surface area contributed by atoms with Gasteiger partial charge in [0.15, 0.2) is 0 Å². The molecule has 0 aliphatic rings. The molecule has 0 radical (unpaired) electrons. The van der Waals surface area contributed by atoms with E-state index in [9.17, 15) is 5.11 Å². The predicted molar refractivity (Wildman–Crippen MR) is 128 cm³/mol. The number of phenols is 1. The number of thioether (sulfide) groups is 1. The Balaban J connectivity index is 2.46. The molecule has 0 unspecified atom stereocenters. The van der Waals surface area contributed by atoms with E-state index in [1.807, 2.05) is 11.8 Å². The minimum atomic E-state index is -0.0439. The third-order valence-corrected chi connectivity index (χ3v) is 6.53. The highest BCUT2D eigenvalue weighted by molar-refractivity contribution is 7.99. The van der Waals surface area contributed by atoms with E-state index in [4.69, 9.17) is 0 Å². The van der Waals surface area contributed by atoms with Crippen molar-refractivity contribution < 1.29 is 5.11 Å². The molecule has 0 aromatic heterocycles. The van der Waals surface area contributed by atoms with Crippen molar-refractivity contribution in [2.45, 2.75) is 128 Å². The molecule has 0 saturated heterocycles. The highest BCUT2D eigenvalue weighted by Crippen LogP contribution is 2.41. The Bertz CT molecular complexity index is 528. The van der Waals surface area contributed by atoms with Crippen LogP contribution in [0.4, 0.5) is 0 Å². The Kier molecular flexibility index (Phi) is 11.0. The molecule has 0 bridgehead atoms. The van der Waals surface area contributed by atoms with Crippen molar-refractivity contribution in [3.05, 3.63) is 23.3 Å². The van der Waals surface area contributed by atoms with Crippen LogP contribution in [0.3, 0.4) is 0 Å². The van der Waals surface area contributed by atoms with Gasteiger partial charge in [-0.05, 0) is 35.1 Å². The molecule has 0 heterocycles. The van der Waals surface area contributed by atoms with Gasteiger partial charge in [-0.25, -0.2) is 0 Å². The third kappa shape index (κ3) is 9.25. The molecule has 1 nitrogen and oxygen atoms in total. The number of hydrogen-bond acceptors (Lipinski definition) is 2. The van der Waals surface area contributed by atoms with Crippen molar-refractivity contribution >= 4 is 11.8 Å². The van der Waals surface area contributed by atoms with E-state index < -0.39 is 0 Å². The molecule has 0 aliphatic heterocycles. The molecule has 1 rings (SSSR count). The molecule has 0 aliphatic carbocycles. The predicted octanol–water partition coefficient (Wildman–Crippen LogP) is 9.00. The zero-order valence-corrected chi connectivity index (χ0v) is 20.6. The number of unbranched alkanes of at least 4 members (excludes halogenated alkanes) is 9. The van der Waals surface area contributed by atoms with Gasteiger partial charge in [0.05, 0.1) is 0 Å². The summed E-state index contributed by atoms with van der Waals surface area (Å²) in [6.45, 7) is 15.4. The monoisotopic (exact) mass is 406 g/mol. The molecule has 1 aromatic rings. The normalized spacial score (nSPS) is 12.5. The summed E-state index contributed by atoms with van der Waals surface area (Å²) in [6.07, 6.45) is 13.9. The van der Waals surface area contributed by atoms with Crippen molar-refractivity contribution in [2.75, 3.05) is 5.75 Å². The quantitative estimate of drug-likeness (QED) is 0.276. The van der Waals surface area contributed by atoms with Gasteiger partial charge in [0, 0.05) is 16.0 Å². The van der Waals surface area contributed by atoms with Gasteiger partial charge in [-0.1, -0.05) is 106 Å². The second kappa shape index (κ2) is 12.2. The van der Waals surface area contributed by atoms with Crippen LogP contribution in [-0.2, 0) is 10.8 Å². The van der Waals surface area contributed by atoms with Crippen LogP contribution in [0.1, 0.15) is 124 Å². The highest BCUT2D eigenvalue weighted by Gasteiger charge is 2.26. The van der Waals surface area contributed by atoms with Crippen molar-refractivity contribution in [2.24, 2.45) is 0 Å². The Hall–Kier alpha value is -0.630. The van der Waals surface area contributed by atoms with Gasteiger partial charge in [0.1, 0.15) is 5.75 Å². The van der Waals surface area contributed by atoms with Crippen LogP contribution < -0.4 is 0 Å². The van der Waals surface area contributed by atoms with E-state index in [1.165, 1.54) is 74.9 Å². The van der Waals surface area contributed by atoms with Crippen molar-refractivity contribution in [3.8, 4) is 5.75 Å². The number of benzene rings is 1. The lowest BCUT2D eigenvalue weighted by Gasteiger charge is -2.28. The highest BCUT2D eigenvalue weighted by atomic mass is 32.2. The largest absolute Gasteiger partial charge is 0.507 e. The first kappa shape index (κ1) is 25.4. The average Bonchev–Trinajstić information content (AvgIpc) is 2.58. The molecular weight excluding hydrogens is 360 g/mol. The van der Waals surface area contributed by atoms with Crippen molar-refractivity contribution in [1.82, 2.24) is 0 Å². The van der Waals surface area contributed by atoms with Crippen LogP contribution in [0, 0.1) is 0 Å². The van der Waals surface area contributed by atoms with Crippen LogP contribution in [-0.4, -0.2) is 10.9 Å². The van der Waals surface area contributed by atoms with E-state index in [2.05, 4.69) is 60.6 Å². The third-order valence-electron chi connectivity index (χ3n) is 5.47. The molecule has 1 aromatic carbocycles. The maximum absolute atomic E-state index is 10.8. The zero-order chi connectivity index (χ0) is 21.2. The van der Waals surface area contributed by atoms with Crippen molar-refractivity contribution in [1.29, 1.82) is 0 Å². The van der Waals surface area contributed by atoms with Gasteiger partial charge >= 0.3 is 0 Å². The van der Waals surface area contributed by atoms with Crippen LogP contribution in [0.5, 0.6) is 5.75 Å². The van der Waals surface area contributed by atoms with Crippen LogP contribution in [0.25, 0.3) is 0 Å². The van der Waals surface area contributed by atoms with E-state index >= 15 is 0 Å². The molecule has 162 valence electrons. The van der Waals surface area contributed by atoms with Gasteiger partial charge in [-0.15, -0.1) is 11.8 Å². The fraction of sp³-hybridized carbons (Fsp3) is 0.769. The first-order chi connectivity index (χ1) is 13.1. The van der Waals surface area contributed by atoms with E-state index in [0.717, 1.165) is 11.1 Å². The second-order valence-electron chi connectivity index (χ2n) is 10.4. The molecular formula is C26H46OS. The van der Waals surface area contributed by atoms with Gasteiger partial charge < -0.3 is 5.11 Å². The van der Waals surface area contributed by atoms with Gasteiger partial charge in [-0.3, -0.25) is 0 Å². The first-order valence-electron chi connectivity index (χ1n) is 11.6. The minimum absolute atomic E-state index is 0.0439. The lowest BCUT2D eigenvalue weighted by molar-refractivity contribution is 0.422. The summed E-state index contributed by atoms with van der Waals surface area (Å²) in [5.74, 6) is 1.66. The van der Waals surface area contributed by atoms with E-state index in [1.54, 1.807) is 0 Å². The molecule has 0 saturated carbocycles. The molecule has 28 heavy (non-hydrogen) atoms. The Morgan fingerprint density at radius 2 is 1.07 bits per heavy atom. The molecule has 0 fully saturated rings. The van der Waals surface area contributed by atoms with Crippen LogP contribution in [0.15, 0.2) is 17.0 Å². The summed E-state index contributed by atoms with van der Waals surface area (Å²) in [4.78, 5) is 1.31. The fourth-order valence-corrected chi connectivity index (χ4v) is 4.60. The smallest absolute Gasteiger partial charge is 0.123 e. The minimum Gasteiger partial charge on any atom is -0.507 e. The topological polar surface area (TPSA) is 20.2 Å². The maximum atomic E-state index is 10.8. The lowest BCUT2D eigenvalue weighted by Crippen LogP contribution is -2.17. The molecule has 1 N–H and O–H groups in total. The Labute approximate surface area is 180 Å². The van der Waals surface area contributed by atoms with E-state index in [-0.39, 0.29) is 10.8 Å². The second-order valence-corrected chi connectivity index (χ2v) is 11.6. The number of hydrogen-bond donors (Lipinski definition) is 1. The molecule has 0 amide bonds. The first-order valence-corrected chi connectivity index (χ1v) is 12.6. The van der Waals surface area contributed by atoms with Crippen LogP contribution in [0.2, 0.25) is 0 Å². The average molecular weight is 407 g/mol. The van der Waals surface area contributed by atoms with Gasteiger partial charge in [0.25, 0.3) is 0 Å². The summed E-state index contributed by atoms with van der Waals surface area (Å²) in [6, 6.07) is 4.43.